The molecular formula is C25H26N4O2. The number of H-pyrrole nitrogens is 1. The predicted molar refractivity (Wildman–Crippen MR) is 121 cm³/mol. The largest absolute Gasteiger partial charge is 0.490 e. The highest BCUT2D eigenvalue weighted by molar-refractivity contribution is 5.73. The fourth-order valence-electron chi connectivity index (χ4n) is 4.01. The van der Waals surface area contributed by atoms with Crippen LogP contribution in [0.2, 0.25) is 0 Å². The average Bonchev–Trinajstić information content (AvgIpc) is 3.05. The van der Waals surface area contributed by atoms with Crippen LogP contribution in [0.5, 0.6) is 5.75 Å². The zero-order chi connectivity index (χ0) is 21.4. The molecule has 0 atom stereocenters. The lowest BCUT2D eigenvalue weighted by Gasteiger charge is -2.26. The van der Waals surface area contributed by atoms with E-state index in [1.807, 2.05) is 42.5 Å². The van der Waals surface area contributed by atoms with Gasteiger partial charge in [-0.2, -0.15) is 0 Å². The van der Waals surface area contributed by atoms with Gasteiger partial charge in [-0.1, -0.05) is 50.2 Å². The molecule has 6 heteroatoms. The number of benzene rings is 2. The highest BCUT2D eigenvalue weighted by Gasteiger charge is 2.19. The number of nitrogens with zero attached hydrogens (tertiary/aromatic N) is 3. The van der Waals surface area contributed by atoms with E-state index in [9.17, 15) is 4.79 Å². The quantitative estimate of drug-likeness (QED) is 0.488. The van der Waals surface area contributed by atoms with Gasteiger partial charge in [-0.15, -0.1) is 0 Å². The first-order valence-electron chi connectivity index (χ1n) is 10.9. The molecule has 0 bridgehead atoms. The van der Waals surface area contributed by atoms with Crippen molar-refractivity contribution in [3.63, 3.8) is 0 Å². The first-order chi connectivity index (χ1) is 15.1. The number of nitrogens with one attached hydrogen (secondary N) is 1. The average molecular weight is 415 g/mol. The Balaban J connectivity index is 1.51. The summed E-state index contributed by atoms with van der Waals surface area (Å²) in [5.41, 5.74) is 4.24. The van der Waals surface area contributed by atoms with E-state index in [4.69, 9.17) is 9.72 Å². The van der Waals surface area contributed by atoms with Gasteiger partial charge in [0.2, 0.25) is 0 Å². The molecule has 0 spiro atoms. The molecular weight excluding hydrogens is 388 g/mol. The molecule has 158 valence electrons. The van der Waals surface area contributed by atoms with E-state index in [-0.39, 0.29) is 5.69 Å². The Morgan fingerprint density at radius 3 is 2.77 bits per heavy atom. The van der Waals surface area contributed by atoms with Crippen molar-refractivity contribution in [1.82, 2.24) is 19.5 Å². The summed E-state index contributed by atoms with van der Waals surface area (Å²) >= 11 is 0. The molecule has 2 aromatic carbocycles. The number of ether oxygens (including phenoxy) is 1. The summed E-state index contributed by atoms with van der Waals surface area (Å²) in [6.45, 7) is 4.73. The van der Waals surface area contributed by atoms with Gasteiger partial charge in [0.15, 0.2) is 11.5 Å². The van der Waals surface area contributed by atoms with Crippen LogP contribution in [0.1, 0.15) is 50.2 Å². The summed E-state index contributed by atoms with van der Waals surface area (Å²) < 4.78 is 7.69. The molecule has 6 nitrogen and oxygen atoms in total. The molecule has 1 fully saturated rings. The number of aromatic nitrogens is 4. The second kappa shape index (κ2) is 8.02. The van der Waals surface area contributed by atoms with Gasteiger partial charge in [-0.05, 0) is 48.4 Å². The van der Waals surface area contributed by atoms with E-state index >= 15 is 0 Å². The highest BCUT2D eigenvalue weighted by atomic mass is 16.5. The van der Waals surface area contributed by atoms with Crippen LogP contribution in [-0.4, -0.2) is 25.6 Å². The fraction of sp³-hybridized carbons (Fsp3) is 0.320. The van der Waals surface area contributed by atoms with Crippen molar-refractivity contribution < 1.29 is 4.74 Å². The minimum absolute atomic E-state index is 0.191. The monoisotopic (exact) mass is 414 g/mol. The number of aromatic amines is 1. The summed E-state index contributed by atoms with van der Waals surface area (Å²) in [6, 6.07) is 16.1. The topological polar surface area (TPSA) is 72.8 Å². The van der Waals surface area contributed by atoms with Gasteiger partial charge in [-0.3, -0.25) is 4.57 Å². The molecule has 0 aliphatic heterocycles. The van der Waals surface area contributed by atoms with Crippen LogP contribution in [0.25, 0.3) is 22.6 Å². The van der Waals surface area contributed by atoms with E-state index in [2.05, 4.69) is 29.9 Å². The maximum absolute atomic E-state index is 12.7. The minimum Gasteiger partial charge on any atom is -0.490 e. The van der Waals surface area contributed by atoms with Gasteiger partial charge in [0.05, 0.1) is 18.8 Å². The third kappa shape index (κ3) is 3.85. The van der Waals surface area contributed by atoms with Crippen LogP contribution in [0, 0.1) is 0 Å². The Hall–Kier alpha value is -3.41. The van der Waals surface area contributed by atoms with Crippen molar-refractivity contribution in [2.24, 2.45) is 0 Å². The molecule has 5 rings (SSSR count). The van der Waals surface area contributed by atoms with Crippen LogP contribution < -0.4 is 10.4 Å². The van der Waals surface area contributed by atoms with Crippen LogP contribution in [0.3, 0.4) is 0 Å². The maximum atomic E-state index is 12.7. The normalized spacial score (nSPS) is 14.2. The molecule has 1 aliphatic carbocycles. The van der Waals surface area contributed by atoms with Gasteiger partial charge >= 0.3 is 5.69 Å². The number of fused-ring (bicyclic) bond motifs is 1. The summed E-state index contributed by atoms with van der Waals surface area (Å²) in [5, 5.41) is 0. The molecule has 2 aromatic heterocycles. The Bertz CT molecular complexity index is 1280. The van der Waals surface area contributed by atoms with Crippen molar-refractivity contribution in [3.05, 3.63) is 76.3 Å². The molecule has 0 amide bonds. The summed E-state index contributed by atoms with van der Waals surface area (Å²) in [5.74, 6) is 1.84. The maximum Gasteiger partial charge on any atom is 0.328 e. The lowest BCUT2D eigenvalue weighted by Crippen LogP contribution is -2.24. The molecule has 1 saturated carbocycles. The van der Waals surface area contributed by atoms with Crippen molar-refractivity contribution in [1.29, 1.82) is 0 Å². The van der Waals surface area contributed by atoms with Crippen LogP contribution >= 0.6 is 0 Å². The van der Waals surface area contributed by atoms with Gasteiger partial charge < -0.3 is 9.72 Å². The second-order valence-electron chi connectivity index (χ2n) is 8.51. The molecule has 0 saturated heterocycles. The third-order valence-corrected chi connectivity index (χ3v) is 5.93. The van der Waals surface area contributed by atoms with Crippen molar-refractivity contribution in [3.8, 4) is 17.1 Å². The first-order valence-corrected chi connectivity index (χ1v) is 10.9. The summed E-state index contributed by atoms with van der Waals surface area (Å²) in [7, 11) is 0. The Morgan fingerprint density at radius 2 is 2.00 bits per heavy atom. The number of rotatable bonds is 6. The first kappa shape index (κ1) is 19.5. The molecule has 0 radical (unpaired) electrons. The Morgan fingerprint density at radius 1 is 1.16 bits per heavy atom. The highest BCUT2D eigenvalue weighted by Crippen LogP contribution is 2.28. The molecule has 2 heterocycles. The standard InChI is InChI=1S/C25H26N4O2/c1-16(2)20-11-3-4-12-21(20)23-26-14-22-24(28-23)29(25(30)27-22)15-17-7-5-10-19(13-17)31-18-8-6-9-18/h3-5,7,10-14,16,18H,6,8-9,15H2,1-2H3,(H,27,30). The molecule has 1 aliphatic rings. The molecule has 0 unspecified atom stereocenters. The van der Waals surface area contributed by atoms with E-state index < -0.39 is 0 Å². The van der Waals surface area contributed by atoms with E-state index in [1.54, 1.807) is 10.8 Å². The van der Waals surface area contributed by atoms with Gasteiger partial charge in [0, 0.05) is 5.56 Å². The number of hydrogen-bond acceptors (Lipinski definition) is 4. The van der Waals surface area contributed by atoms with Gasteiger partial charge in [0.25, 0.3) is 0 Å². The Labute approximate surface area is 180 Å². The second-order valence-corrected chi connectivity index (χ2v) is 8.51. The predicted octanol–water partition coefficient (Wildman–Crippen LogP) is 4.89. The SMILES string of the molecule is CC(C)c1ccccc1-c1ncc2[nH]c(=O)n(Cc3cccc(OC4CCC4)c3)c2n1. The van der Waals surface area contributed by atoms with E-state index in [0.29, 0.717) is 35.6 Å². The zero-order valence-corrected chi connectivity index (χ0v) is 17.8. The summed E-state index contributed by atoms with van der Waals surface area (Å²) in [6.07, 6.45) is 5.48. The van der Waals surface area contributed by atoms with E-state index in [1.165, 1.54) is 12.0 Å². The van der Waals surface area contributed by atoms with Crippen LogP contribution in [0.15, 0.2) is 59.5 Å². The smallest absolute Gasteiger partial charge is 0.328 e. The van der Waals surface area contributed by atoms with Crippen molar-refractivity contribution in [2.45, 2.75) is 51.7 Å². The van der Waals surface area contributed by atoms with Gasteiger partial charge in [0.1, 0.15) is 11.3 Å². The fourth-order valence-corrected chi connectivity index (χ4v) is 4.01. The molecule has 1 N–H and O–H groups in total. The van der Waals surface area contributed by atoms with Crippen molar-refractivity contribution >= 4 is 11.2 Å². The number of imidazole rings is 1. The molecule has 4 aromatic rings. The third-order valence-electron chi connectivity index (χ3n) is 5.93. The lowest BCUT2D eigenvalue weighted by atomic mass is 9.96. The Kier molecular flexibility index (Phi) is 5.06. The van der Waals surface area contributed by atoms with Crippen LogP contribution in [0.4, 0.5) is 0 Å². The number of hydrogen-bond donors (Lipinski definition) is 1. The van der Waals surface area contributed by atoms with Crippen molar-refractivity contribution in [2.75, 3.05) is 0 Å². The zero-order valence-electron chi connectivity index (χ0n) is 17.8. The van der Waals surface area contributed by atoms with E-state index in [0.717, 1.165) is 29.7 Å². The van der Waals surface area contributed by atoms with Crippen LogP contribution in [-0.2, 0) is 6.54 Å². The van der Waals surface area contributed by atoms with Gasteiger partial charge in [-0.25, -0.2) is 14.8 Å². The summed E-state index contributed by atoms with van der Waals surface area (Å²) in [4.78, 5) is 24.9. The molecule has 31 heavy (non-hydrogen) atoms. The minimum atomic E-state index is -0.191. The lowest BCUT2D eigenvalue weighted by molar-refractivity contribution is 0.120.